The lowest BCUT2D eigenvalue weighted by molar-refractivity contribution is 0.0933. The molecule has 0 spiro atoms. The van der Waals surface area contributed by atoms with Crippen molar-refractivity contribution in [2.45, 2.75) is 38.6 Å². The highest BCUT2D eigenvalue weighted by atomic mass is 16.1. The molecule has 2 atom stereocenters. The first-order valence-electron chi connectivity index (χ1n) is 7.29. The molecule has 2 N–H and O–H groups in total. The Morgan fingerprint density at radius 2 is 2.20 bits per heavy atom. The SMILES string of the molecule is CCCNc1ccccc1C(=O)NC1CCCC1C#N. The number of carbonyl (C=O) groups excluding carboxylic acids is 1. The van der Waals surface area contributed by atoms with E-state index < -0.39 is 0 Å². The van der Waals surface area contributed by atoms with Crippen LogP contribution in [0.2, 0.25) is 0 Å². The Balaban J connectivity index is 2.07. The van der Waals surface area contributed by atoms with Crippen LogP contribution in [-0.4, -0.2) is 18.5 Å². The van der Waals surface area contributed by atoms with Gasteiger partial charge in [-0.3, -0.25) is 4.79 Å². The van der Waals surface area contributed by atoms with Crippen LogP contribution in [0.4, 0.5) is 5.69 Å². The molecule has 4 heteroatoms. The first kappa shape index (κ1) is 14.4. The van der Waals surface area contributed by atoms with Crippen molar-refractivity contribution >= 4 is 11.6 Å². The van der Waals surface area contributed by atoms with Gasteiger partial charge in [0.05, 0.1) is 17.6 Å². The lowest BCUT2D eigenvalue weighted by Gasteiger charge is -2.17. The Kier molecular flexibility index (Phi) is 5.00. The molecule has 0 bridgehead atoms. The van der Waals surface area contributed by atoms with Crippen molar-refractivity contribution in [1.29, 1.82) is 5.26 Å². The molecule has 2 unspecified atom stereocenters. The van der Waals surface area contributed by atoms with Gasteiger partial charge in [0.1, 0.15) is 0 Å². The van der Waals surface area contributed by atoms with E-state index in [9.17, 15) is 4.79 Å². The van der Waals surface area contributed by atoms with Crippen molar-refractivity contribution in [2.24, 2.45) is 5.92 Å². The van der Waals surface area contributed by atoms with Gasteiger partial charge in [0.2, 0.25) is 0 Å². The summed E-state index contributed by atoms with van der Waals surface area (Å²) >= 11 is 0. The zero-order valence-corrected chi connectivity index (χ0v) is 11.9. The van der Waals surface area contributed by atoms with E-state index in [2.05, 4.69) is 23.6 Å². The second kappa shape index (κ2) is 6.95. The molecule has 1 amide bonds. The second-order valence-electron chi connectivity index (χ2n) is 5.22. The van der Waals surface area contributed by atoms with Gasteiger partial charge >= 0.3 is 0 Å². The molecule has 0 saturated heterocycles. The highest BCUT2D eigenvalue weighted by molar-refractivity contribution is 5.99. The molecule has 0 heterocycles. The van der Waals surface area contributed by atoms with Gasteiger partial charge in [0, 0.05) is 18.3 Å². The molecule has 106 valence electrons. The van der Waals surface area contributed by atoms with E-state index >= 15 is 0 Å². The third-order valence-electron chi connectivity index (χ3n) is 3.74. The maximum atomic E-state index is 12.4. The second-order valence-corrected chi connectivity index (χ2v) is 5.22. The molecule has 0 aliphatic heterocycles. The van der Waals surface area contributed by atoms with E-state index in [0.29, 0.717) is 5.56 Å². The average Bonchev–Trinajstić information content (AvgIpc) is 2.92. The van der Waals surface area contributed by atoms with Crippen molar-refractivity contribution in [3.05, 3.63) is 29.8 Å². The largest absolute Gasteiger partial charge is 0.384 e. The van der Waals surface area contributed by atoms with Crippen molar-refractivity contribution in [1.82, 2.24) is 5.32 Å². The molecule has 1 aliphatic rings. The van der Waals surface area contributed by atoms with Crippen molar-refractivity contribution < 1.29 is 4.79 Å². The van der Waals surface area contributed by atoms with Crippen molar-refractivity contribution in [3.63, 3.8) is 0 Å². The first-order valence-corrected chi connectivity index (χ1v) is 7.29. The zero-order chi connectivity index (χ0) is 14.4. The van der Waals surface area contributed by atoms with Crippen LogP contribution in [0.3, 0.4) is 0 Å². The number of carbonyl (C=O) groups is 1. The molecule has 4 nitrogen and oxygen atoms in total. The molecular formula is C16H21N3O. The van der Waals surface area contributed by atoms with Gasteiger partial charge in [-0.2, -0.15) is 5.26 Å². The van der Waals surface area contributed by atoms with E-state index in [4.69, 9.17) is 5.26 Å². The number of rotatable bonds is 5. The number of benzene rings is 1. The van der Waals surface area contributed by atoms with Crippen LogP contribution in [0.15, 0.2) is 24.3 Å². The highest BCUT2D eigenvalue weighted by Crippen LogP contribution is 2.25. The van der Waals surface area contributed by atoms with Gasteiger partial charge in [-0.15, -0.1) is 0 Å². The smallest absolute Gasteiger partial charge is 0.253 e. The number of hydrogen-bond acceptors (Lipinski definition) is 3. The fraction of sp³-hybridized carbons (Fsp3) is 0.500. The monoisotopic (exact) mass is 271 g/mol. The molecule has 20 heavy (non-hydrogen) atoms. The number of amides is 1. The average molecular weight is 271 g/mol. The summed E-state index contributed by atoms with van der Waals surface area (Å²) in [6.07, 6.45) is 3.81. The summed E-state index contributed by atoms with van der Waals surface area (Å²) in [5.41, 5.74) is 1.52. The molecule has 0 aromatic heterocycles. The third-order valence-corrected chi connectivity index (χ3v) is 3.74. The summed E-state index contributed by atoms with van der Waals surface area (Å²) < 4.78 is 0. The molecule has 1 aliphatic carbocycles. The van der Waals surface area contributed by atoms with Crippen LogP contribution in [0.5, 0.6) is 0 Å². The summed E-state index contributed by atoms with van der Waals surface area (Å²) in [5.74, 6) is -0.133. The predicted molar refractivity (Wildman–Crippen MR) is 79.4 cm³/mol. The molecule has 1 aromatic carbocycles. The minimum Gasteiger partial charge on any atom is -0.384 e. The molecular weight excluding hydrogens is 250 g/mol. The van der Waals surface area contributed by atoms with E-state index in [0.717, 1.165) is 37.9 Å². The summed E-state index contributed by atoms with van der Waals surface area (Å²) in [5, 5.41) is 15.4. The van der Waals surface area contributed by atoms with E-state index in [-0.39, 0.29) is 17.9 Å². The number of nitriles is 1. The minimum absolute atomic E-state index is 0.00766. The number of anilines is 1. The lowest BCUT2D eigenvalue weighted by Crippen LogP contribution is -2.37. The Hall–Kier alpha value is -2.02. The topological polar surface area (TPSA) is 64.9 Å². The standard InChI is InChI=1S/C16H21N3O/c1-2-10-18-15-8-4-3-7-13(15)16(20)19-14-9-5-6-12(14)11-17/h3-4,7-8,12,14,18H,2,5-6,9-10H2,1H3,(H,19,20). The van der Waals surface area contributed by atoms with Gasteiger partial charge < -0.3 is 10.6 Å². The summed E-state index contributed by atoms with van der Waals surface area (Å²) in [6.45, 7) is 2.93. The van der Waals surface area contributed by atoms with E-state index in [1.54, 1.807) is 0 Å². The highest BCUT2D eigenvalue weighted by Gasteiger charge is 2.29. The Morgan fingerprint density at radius 3 is 2.95 bits per heavy atom. The van der Waals surface area contributed by atoms with Gasteiger partial charge in [0.15, 0.2) is 0 Å². The van der Waals surface area contributed by atoms with E-state index in [1.165, 1.54) is 0 Å². The summed E-state index contributed by atoms with van der Waals surface area (Å²) in [7, 11) is 0. The van der Waals surface area contributed by atoms with Crippen LogP contribution >= 0.6 is 0 Å². The van der Waals surface area contributed by atoms with Crippen LogP contribution in [-0.2, 0) is 0 Å². The van der Waals surface area contributed by atoms with E-state index in [1.807, 2.05) is 24.3 Å². The van der Waals surface area contributed by atoms with Gasteiger partial charge in [-0.25, -0.2) is 0 Å². The van der Waals surface area contributed by atoms with Gasteiger partial charge in [-0.1, -0.05) is 19.1 Å². The number of nitrogens with one attached hydrogen (secondary N) is 2. The first-order chi connectivity index (χ1) is 9.76. The van der Waals surface area contributed by atoms with Crippen LogP contribution < -0.4 is 10.6 Å². The van der Waals surface area contributed by atoms with Crippen molar-refractivity contribution in [2.75, 3.05) is 11.9 Å². The number of hydrogen-bond donors (Lipinski definition) is 2. The van der Waals surface area contributed by atoms with Gasteiger partial charge in [-0.05, 0) is 37.8 Å². The maximum absolute atomic E-state index is 12.4. The predicted octanol–water partition coefficient (Wildman–Crippen LogP) is 2.93. The Morgan fingerprint density at radius 1 is 1.40 bits per heavy atom. The fourth-order valence-corrected chi connectivity index (χ4v) is 2.63. The van der Waals surface area contributed by atoms with Gasteiger partial charge in [0.25, 0.3) is 5.91 Å². The third kappa shape index (κ3) is 3.30. The fourth-order valence-electron chi connectivity index (χ4n) is 2.63. The number of para-hydroxylation sites is 1. The molecule has 1 saturated carbocycles. The molecule has 1 fully saturated rings. The number of nitrogens with zero attached hydrogens (tertiary/aromatic N) is 1. The van der Waals surface area contributed by atoms with Crippen molar-refractivity contribution in [3.8, 4) is 6.07 Å². The molecule has 1 aromatic rings. The maximum Gasteiger partial charge on any atom is 0.253 e. The Labute approximate surface area is 120 Å². The lowest BCUT2D eigenvalue weighted by atomic mass is 10.0. The molecule has 0 radical (unpaired) electrons. The van der Waals surface area contributed by atoms with Crippen LogP contribution in [0.1, 0.15) is 43.0 Å². The molecule has 2 rings (SSSR count). The normalized spacial score (nSPS) is 21.2. The summed E-state index contributed by atoms with van der Waals surface area (Å²) in [4.78, 5) is 12.4. The van der Waals surface area contributed by atoms with Crippen LogP contribution in [0.25, 0.3) is 0 Å². The van der Waals surface area contributed by atoms with Crippen LogP contribution in [0, 0.1) is 17.2 Å². The summed E-state index contributed by atoms with van der Waals surface area (Å²) in [6, 6.07) is 9.81. The zero-order valence-electron chi connectivity index (χ0n) is 11.9. The quantitative estimate of drug-likeness (QED) is 0.865. The minimum atomic E-state index is -0.0867. The Bertz CT molecular complexity index is 507.